The molecule has 0 bridgehead atoms. The number of nitrogens with one attached hydrogen (secondary N) is 1. The molecule has 3 aromatic rings. The largest absolute Gasteiger partial charge is 0.493 e. The van der Waals surface area contributed by atoms with Crippen LogP contribution in [-0.2, 0) is 0 Å². The highest BCUT2D eigenvalue weighted by Gasteiger charge is 2.18. The van der Waals surface area contributed by atoms with Crippen LogP contribution in [0.15, 0.2) is 46.6 Å². The number of azo groups is 1. The van der Waals surface area contributed by atoms with Crippen molar-refractivity contribution in [2.24, 2.45) is 10.2 Å². The summed E-state index contributed by atoms with van der Waals surface area (Å²) in [6.45, 7) is 4.76. The number of nitrogens with zero attached hydrogens (tertiary/aromatic N) is 2. The van der Waals surface area contributed by atoms with Gasteiger partial charge in [-0.3, -0.25) is 4.79 Å². The summed E-state index contributed by atoms with van der Waals surface area (Å²) < 4.78 is 16.6. The van der Waals surface area contributed by atoms with Gasteiger partial charge in [-0.05, 0) is 44.2 Å². The molecule has 1 aromatic heterocycles. The van der Waals surface area contributed by atoms with Crippen LogP contribution >= 0.6 is 0 Å². The lowest BCUT2D eigenvalue weighted by molar-refractivity contribution is 0.0995. The predicted octanol–water partition coefficient (Wildman–Crippen LogP) is 4.36. The van der Waals surface area contributed by atoms with Gasteiger partial charge in [0.05, 0.1) is 11.6 Å². The Kier molecular flexibility index (Phi) is 4.60. The molecule has 8 heteroatoms. The number of hydrogen-bond acceptors (Lipinski definition) is 6. The zero-order chi connectivity index (χ0) is 19.7. The number of benzene rings is 2. The van der Waals surface area contributed by atoms with Crippen molar-refractivity contribution in [3.05, 3.63) is 42.0 Å². The van der Waals surface area contributed by atoms with E-state index in [4.69, 9.17) is 14.2 Å². The molecule has 0 fully saturated rings. The summed E-state index contributed by atoms with van der Waals surface area (Å²) >= 11 is 0. The van der Waals surface area contributed by atoms with Crippen LogP contribution in [0.2, 0.25) is 0 Å². The minimum atomic E-state index is -0.526. The molecular formula is C20H19N3O5. The van der Waals surface area contributed by atoms with Crippen LogP contribution in [0.1, 0.15) is 24.2 Å². The lowest BCUT2D eigenvalue weighted by Gasteiger charge is -2.17. The Morgan fingerprint density at radius 3 is 2.50 bits per heavy atom. The number of H-pyrrole nitrogens is 1. The average molecular weight is 381 g/mol. The number of aromatic amines is 1. The topological polar surface area (TPSA) is 106 Å². The number of ether oxygens (including phenoxy) is 3. The van der Waals surface area contributed by atoms with Gasteiger partial charge in [-0.2, -0.15) is 0 Å². The molecule has 144 valence electrons. The lowest BCUT2D eigenvalue weighted by Crippen LogP contribution is -2.15. The summed E-state index contributed by atoms with van der Waals surface area (Å²) in [6, 6.07) is 10.1. The van der Waals surface area contributed by atoms with Crippen LogP contribution in [0.3, 0.4) is 0 Å². The van der Waals surface area contributed by atoms with Gasteiger partial charge in [-0.25, -0.2) is 0 Å². The molecule has 2 heterocycles. The molecule has 2 aromatic carbocycles. The number of aromatic hydroxyl groups is 1. The summed E-state index contributed by atoms with van der Waals surface area (Å²) in [6.07, 6.45) is 0.0474. The smallest absolute Gasteiger partial charge is 0.295 e. The second-order valence-corrected chi connectivity index (χ2v) is 6.56. The van der Waals surface area contributed by atoms with E-state index in [-0.39, 0.29) is 17.7 Å². The van der Waals surface area contributed by atoms with Crippen LogP contribution in [0, 0.1) is 0 Å². The van der Waals surface area contributed by atoms with Gasteiger partial charge in [-0.15, -0.1) is 10.2 Å². The van der Waals surface area contributed by atoms with E-state index in [0.29, 0.717) is 46.9 Å². The van der Waals surface area contributed by atoms with Gasteiger partial charge < -0.3 is 24.3 Å². The van der Waals surface area contributed by atoms with Crippen LogP contribution in [0.4, 0.5) is 5.69 Å². The predicted molar refractivity (Wildman–Crippen MR) is 102 cm³/mol. The number of aromatic nitrogens is 1. The molecule has 0 aliphatic carbocycles. The quantitative estimate of drug-likeness (QED) is 0.653. The summed E-state index contributed by atoms with van der Waals surface area (Å²) in [5, 5.41) is 18.4. The fraction of sp³-hybridized carbons (Fsp3) is 0.250. The zero-order valence-corrected chi connectivity index (χ0v) is 15.4. The Hall–Kier alpha value is -3.55. The third-order valence-electron chi connectivity index (χ3n) is 4.13. The maximum absolute atomic E-state index is 12.3. The van der Waals surface area contributed by atoms with Crippen molar-refractivity contribution in [1.29, 1.82) is 0 Å². The van der Waals surface area contributed by atoms with Gasteiger partial charge in [0, 0.05) is 17.0 Å². The van der Waals surface area contributed by atoms with Crippen LogP contribution in [0.5, 0.6) is 23.1 Å². The maximum Gasteiger partial charge on any atom is 0.295 e. The first-order chi connectivity index (χ1) is 13.5. The van der Waals surface area contributed by atoms with Gasteiger partial charge in [0.25, 0.3) is 5.91 Å². The van der Waals surface area contributed by atoms with Crippen molar-refractivity contribution in [2.75, 3.05) is 13.2 Å². The summed E-state index contributed by atoms with van der Waals surface area (Å²) in [5.74, 6) is 1.10. The highest BCUT2D eigenvalue weighted by Crippen LogP contribution is 2.42. The molecule has 1 amide bonds. The molecule has 2 N–H and O–H groups in total. The van der Waals surface area contributed by atoms with E-state index in [1.807, 2.05) is 13.8 Å². The molecule has 28 heavy (non-hydrogen) atoms. The molecule has 0 spiro atoms. The minimum absolute atomic E-state index is 0.0474. The summed E-state index contributed by atoms with van der Waals surface area (Å²) in [7, 11) is 0. The first kappa shape index (κ1) is 17.8. The van der Waals surface area contributed by atoms with Crippen LogP contribution in [-0.4, -0.2) is 35.3 Å². The van der Waals surface area contributed by atoms with Crippen molar-refractivity contribution in [1.82, 2.24) is 4.98 Å². The van der Waals surface area contributed by atoms with Gasteiger partial charge in [0.15, 0.2) is 17.2 Å². The molecule has 1 aliphatic heterocycles. The molecule has 8 nitrogen and oxygen atoms in total. The second kappa shape index (κ2) is 7.22. The molecule has 0 radical (unpaired) electrons. The van der Waals surface area contributed by atoms with Crippen molar-refractivity contribution < 1.29 is 24.1 Å². The third kappa shape index (κ3) is 3.48. The first-order valence-corrected chi connectivity index (χ1v) is 8.88. The maximum atomic E-state index is 12.3. The summed E-state index contributed by atoms with van der Waals surface area (Å²) in [4.78, 5) is 15.1. The molecular weight excluding hydrogens is 362 g/mol. The molecule has 4 rings (SSSR count). The van der Waals surface area contributed by atoms with Crippen molar-refractivity contribution in [2.45, 2.75) is 20.0 Å². The van der Waals surface area contributed by atoms with E-state index in [2.05, 4.69) is 15.2 Å². The SMILES string of the molecule is CC(C)Oc1ccc(C(=O)N=Nc2c(O)[nH]c3cc4c(cc23)OCCO4)cc1. The number of carbonyl (C=O) groups excluding carboxylic acids is 1. The van der Waals surface area contributed by atoms with E-state index in [1.54, 1.807) is 36.4 Å². The molecule has 0 saturated heterocycles. The van der Waals surface area contributed by atoms with Crippen LogP contribution < -0.4 is 14.2 Å². The molecule has 0 saturated carbocycles. The standard InChI is InChI=1S/C20H19N3O5/c1-11(2)28-13-5-3-12(4-6-13)19(24)23-22-18-14-9-16-17(27-8-7-26-16)10-15(14)21-20(18)25/h3-6,9-11,21,25H,7-8H2,1-2H3. The number of amides is 1. The Bertz CT molecular complexity index is 1050. The molecule has 0 atom stereocenters. The van der Waals surface area contributed by atoms with E-state index in [0.717, 1.165) is 0 Å². The third-order valence-corrected chi connectivity index (χ3v) is 4.13. The Labute approximate surface area is 160 Å². The first-order valence-electron chi connectivity index (χ1n) is 8.88. The fourth-order valence-corrected chi connectivity index (χ4v) is 2.91. The number of rotatable bonds is 4. The van der Waals surface area contributed by atoms with Crippen molar-refractivity contribution >= 4 is 22.5 Å². The molecule has 0 unspecified atom stereocenters. The van der Waals surface area contributed by atoms with Gasteiger partial charge >= 0.3 is 0 Å². The van der Waals surface area contributed by atoms with E-state index in [1.165, 1.54) is 0 Å². The average Bonchev–Trinajstić information content (AvgIpc) is 2.98. The fourth-order valence-electron chi connectivity index (χ4n) is 2.91. The van der Waals surface area contributed by atoms with Gasteiger partial charge in [0.1, 0.15) is 19.0 Å². The Balaban J connectivity index is 1.59. The van der Waals surface area contributed by atoms with E-state index >= 15 is 0 Å². The van der Waals surface area contributed by atoms with E-state index in [9.17, 15) is 9.90 Å². The van der Waals surface area contributed by atoms with Crippen molar-refractivity contribution in [3.8, 4) is 23.1 Å². The summed E-state index contributed by atoms with van der Waals surface area (Å²) in [5.41, 5.74) is 1.15. The van der Waals surface area contributed by atoms with E-state index < -0.39 is 5.91 Å². The number of carbonyl (C=O) groups is 1. The number of hydrogen-bond donors (Lipinski definition) is 2. The van der Waals surface area contributed by atoms with Gasteiger partial charge in [0.2, 0.25) is 5.88 Å². The normalized spacial score (nSPS) is 13.4. The zero-order valence-electron chi connectivity index (χ0n) is 15.4. The number of fused-ring (bicyclic) bond motifs is 2. The minimum Gasteiger partial charge on any atom is -0.493 e. The Morgan fingerprint density at radius 1 is 1.14 bits per heavy atom. The second-order valence-electron chi connectivity index (χ2n) is 6.56. The van der Waals surface area contributed by atoms with Gasteiger partial charge in [-0.1, -0.05) is 0 Å². The monoisotopic (exact) mass is 381 g/mol. The van der Waals surface area contributed by atoms with Crippen LogP contribution in [0.25, 0.3) is 10.9 Å². The lowest BCUT2D eigenvalue weighted by atomic mass is 10.2. The molecule has 1 aliphatic rings. The Morgan fingerprint density at radius 2 is 1.82 bits per heavy atom. The van der Waals surface area contributed by atoms with Crippen molar-refractivity contribution in [3.63, 3.8) is 0 Å². The highest BCUT2D eigenvalue weighted by atomic mass is 16.6. The highest BCUT2D eigenvalue weighted by molar-refractivity contribution is 5.98.